The summed E-state index contributed by atoms with van der Waals surface area (Å²) < 4.78 is 0. The topological polar surface area (TPSA) is 69.2 Å². The van der Waals surface area contributed by atoms with Crippen molar-refractivity contribution >= 4 is 17.4 Å². The van der Waals surface area contributed by atoms with Crippen molar-refractivity contribution in [1.29, 1.82) is 0 Å². The molecule has 19 heavy (non-hydrogen) atoms. The number of carbonyl (C=O) groups excluding carboxylic acids is 2. The molecule has 0 spiro atoms. The lowest BCUT2D eigenvalue weighted by atomic mass is 9.79. The number of Topliss-reactive ketones (excluding diaryl/α,β-unsaturated/α-hetero) is 1. The van der Waals surface area contributed by atoms with E-state index >= 15 is 0 Å². The van der Waals surface area contributed by atoms with E-state index in [-0.39, 0.29) is 17.6 Å². The first-order valence-corrected chi connectivity index (χ1v) is 6.37. The van der Waals surface area contributed by atoms with Gasteiger partial charge in [-0.25, -0.2) is 0 Å². The lowest BCUT2D eigenvalue weighted by Crippen LogP contribution is -2.48. The molecule has 3 atom stereocenters. The number of allylic oxidation sites excluding steroid dienone is 2. The largest absolute Gasteiger partial charge is 0.548 e. The number of nitrogens with one attached hydrogen (secondary N) is 1. The van der Waals surface area contributed by atoms with Crippen LogP contribution >= 0.6 is 0 Å². The maximum absolute atomic E-state index is 11.5. The van der Waals surface area contributed by atoms with Crippen LogP contribution in [0.3, 0.4) is 0 Å². The minimum atomic E-state index is -1.07. The minimum Gasteiger partial charge on any atom is -0.548 e. The molecule has 0 bridgehead atoms. The predicted octanol–water partition coefficient (Wildman–Crippen LogP) is 1.09. The minimum absolute atomic E-state index is 0.0170. The number of carbonyl (C=O) groups is 2. The van der Waals surface area contributed by atoms with Crippen LogP contribution < -0.4 is 10.4 Å². The smallest absolute Gasteiger partial charge is 0.159 e. The molecule has 3 rings (SSSR count). The highest BCUT2D eigenvalue weighted by atomic mass is 16.4. The molecule has 0 amide bonds. The molecule has 0 radical (unpaired) electrons. The van der Waals surface area contributed by atoms with Crippen LogP contribution in [-0.4, -0.2) is 17.8 Å². The zero-order valence-corrected chi connectivity index (χ0v) is 10.6. The zero-order valence-electron chi connectivity index (χ0n) is 10.6. The molecule has 0 aromatic heterocycles. The number of hydrogen-bond donors (Lipinski definition) is 1. The molecule has 1 aliphatic heterocycles. The number of anilines is 1. The van der Waals surface area contributed by atoms with Gasteiger partial charge in [-0.2, -0.15) is 0 Å². The van der Waals surface area contributed by atoms with Gasteiger partial charge in [0, 0.05) is 17.2 Å². The first kappa shape index (κ1) is 12.0. The van der Waals surface area contributed by atoms with Crippen molar-refractivity contribution in [3.05, 3.63) is 41.5 Å². The van der Waals surface area contributed by atoms with Crippen LogP contribution in [0.5, 0.6) is 0 Å². The molecule has 0 unspecified atom stereocenters. The van der Waals surface area contributed by atoms with Gasteiger partial charge in [-0.15, -0.1) is 0 Å². The second-order valence-corrected chi connectivity index (χ2v) is 5.15. The molecular formula is C15H14NO3-. The molecule has 98 valence electrons. The van der Waals surface area contributed by atoms with Crippen molar-refractivity contribution in [2.75, 3.05) is 5.32 Å². The molecule has 1 N–H and O–H groups in total. The third kappa shape index (κ3) is 1.84. The summed E-state index contributed by atoms with van der Waals surface area (Å²) in [5, 5.41) is 14.2. The van der Waals surface area contributed by atoms with Gasteiger partial charge in [0.05, 0.1) is 12.0 Å². The Morgan fingerprint density at radius 3 is 2.84 bits per heavy atom. The third-order valence-corrected chi connectivity index (χ3v) is 4.02. The van der Waals surface area contributed by atoms with Crippen LogP contribution in [0.25, 0.3) is 0 Å². The summed E-state index contributed by atoms with van der Waals surface area (Å²) in [6.07, 6.45) is 4.76. The monoisotopic (exact) mass is 256 g/mol. The van der Waals surface area contributed by atoms with Crippen molar-refractivity contribution in [2.45, 2.75) is 25.3 Å². The number of hydrogen-bond acceptors (Lipinski definition) is 4. The number of aliphatic carboxylic acids is 1. The fourth-order valence-corrected chi connectivity index (χ4v) is 3.05. The summed E-state index contributed by atoms with van der Waals surface area (Å²) in [5.41, 5.74) is 2.45. The van der Waals surface area contributed by atoms with Gasteiger partial charge in [0.2, 0.25) is 0 Å². The summed E-state index contributed by atoms with van der Waals surface area (Å²) in [7, 11) is 0. The van der Waals surface area contributed by atoms with Gasteiger partial charge in [-0.1, -0.05) is 12.2 Å². The Balaban J connectivity index is 2.08. The summed E-state index contributed by atoms with van der Waals surface area (Å²) in [6, 6.07) is 4.70. The molecule has 2 aliphatic rings. The Morgan fingerprint density at radius 1 is 1.37 bits per heavy atom. The SMILES string of the molecule is CC(=O)c1ccc2c(c1)[C@@H]1C=CC[C@H]1[C@H](C(=O)[O-])N2. The molecule has 0 fully saturated rings. The number of carboxylic acid groups (broad SMARTS) is 1. The highest BCUT2D eigenvalue weighted by Crippen LogP contribution is 2.44. The molecule has 0 saturated carbocycles. The number of benzene rings is 1. The second-order valence-electron chi connectivity index (χ2n) is 5.15. The standard InChI is InChI=1S/C15H15NO3/c1-8(17)9-5-6-13-12(7-9)10-3-2-4-11(10)14(16-13)15(18)19/h2-3,5-7,10-11,14,16H,4H2,1H3,(H,18,19)/p-1/t10-,11-,14-/m1/s1. The van der Waals surface area contributed by atoms with E-state index in [1.807, 2.05) is 18.2 Å². The molecule has 1 aliphatic carbocycles. The molecule has 0 saturated heterocycles. The van der Waals surface area contributed by atoms with Crippen molar-refractivity contribution in [2.24, 2.45) is 5.92 Å². The summed E-state index contributed by atoms with van der Waals surface area (Å²) in [4.78, 5) is 22.7. The highest BCUT2D eigenvalue weighted by Gasteiger charge is 2.37. The second kappa shape index (κ2) is 4.23. The van der Waals surface area contributed by atoms with E-state index in [1.165, 1.54) is 6.92 Å². The fourth-order valence-electron chi connectivity index (χ4n) is 3.05. The lowest BCUT2D eigenvalue weighted by Gasteiger charge is -2.37. The first-order valence-electron chi connectivity index (χ1n) is 6.37. The lowest BCUT2D eigenvalue weighted by molar-refractivity contribution is -0.308. The highest BCUT2D eigenvalue weighted by molar-refractivity contribution is 5.95. The summed E-state index contributed by atoms with van der Waals surface area (Å²) >= 11 is 0. The first-order chi connectivity index (χ1) is 9.08. The number of carboxylic acids is 1. The predicted molar refractivity (Wildman–Crippen MR) is 68.9 cm³/mol. The molecular weight excluding hydrogens is 242 g/mol. The maximum atomic E-state index is 11.5. The Labute approximate surface area is 111 Å². The average molecular weight is 256 g/mol. The number of fused-ring (bicyclic) bond motifs is 3. The van der Waals surface area contributed by atoms with Gasteiger partial charge in [-0.3, -0.25) is 4.79 Å². The van der Waals surface area contributed by atoms with Gasteiger partial charge < -0.3 is 15.2 Å². The molecule has 1 aromatic carbocycles. The average Bonchev–Trinajstić information content (AvgIpc) is 2.86. The van der Waals surface area contributed by atoms with Crippen molar-refractivity contribution in [3.8, 4) is 0 Å². The van der Waals surface area contributed by atoms with Gasteiger partial charge in [0.25, 0.3) is 0 Å². The Morgan fingerprint density at radius 2 is 2.16 bits per heavy atom. The zero-order chi connectivity index (χ0) is 13.6. The Hall–Kier alpha value is -2.10. The van der Waals surface area contributed by atoms with Gasteiger partial charge in [0.1, 0.15) is 0 Å². The summed E-state index contributed by atoms with van der Waals surface area (Å²) in [6.45, 7) is 1.53. The quantitative estimate of drug-likeness (QED) is 0.635. The van der Waals surface area contributed by atoms with E-state index in [1.54, 1.807) is 12.1 Å². The van der Waals surface area contributed by atoms with Crippen LogP contribution in [0.4, 0.5) is 5.69 Å². The van der Waals surface area contributed by atoms with E-state index in [2.05, 4.69) is 5.32 Å². The van der Waals surface area contributed by atoms with Gasteiger partial charge in [0.15, 0.2) is 5.78 Å². The van der Waals surface area contributed by atoms with Crippen molar-refractivity contribution < 1.29 is 14.7 Å². The van der Waals surface area contributed by atoms with Crippen LogP contribution in [0, 0.1) is 5.92 Å². The Bertz CT molecular complexity index is 591. The van der Waals surface area contributed by atoms with Gasteiger partial charge in [-0.05, 0) is 43.0 Å². The van der Waals surface area contributed by atoms with Gasteiger partial charge >= 0.3 is 0 Å². The van der Waals surface area contributed by atoms with E-state index < -0.39 is 12.0 Å². The molecule has 1 aromatic rings. The maximum Gasteiger partial charge on any atom is 0.159 e. The van der Waals surface area contributed by atoms with Crippen molar-refractivity contribution in [3.63, 3.8) is 0 Å². The number of ketones is 1. The van der Waals surface area contributed by atoms with E-state index in [0.29, 0.717) is 5.56 Å². The van der Waals surface area contributed by atoms with Crippen LogP contribution in [0.2, 0.25) is 0 Å². The van der Waals surface area contributed by atoms with Crippen LogP contribution in [0.1, 0.15) is 35.2 Å². The Kier molecular flexibility index (Phi) is 2.66. The fraction of sp³-hybridized carbons (Fsp3) is 0.333. The van der Waals surface area contributed by atoms with E-state index in [9.17, 15) is 14.7 Å². The normalized spacial score (nSPS) is 27.3. The summed E-state index contributed by atoms with van der Waals surface area (Å²) in [5.74, 6) is -1.03. The number of rotatable bonds is 2. The van der Waals surface area contributed by atoms with Crippen LogP contribution in [-0.2, 0) is 4.79 Å². The third-order valence-electron chi connectivity index (χ3n) is 4.02. The van der Waals surface area contributed by atoms with E-state index in [4.69, 9.17) is 0 Å². The van der Waals surface area contributed by atoms with E-state index in [0.717, 1.165) is 17.7 Å². The molecule has 4 heteroatoms. The van der Waals surface area contributed by atoms with Crippen molar-refractivity contribution in [1.82, 2.24) is 0 Å². The van der Waals surface area contributed by atoms with Crippen LogP contribution in [0.15, 0.2) is 30.4 Å². The molecule has 1 heterocycles. The molecule has 4 nitrogen and oxygen atoms in total.